The van der Waals surface area contributed by atoms with Gasteiger partial charge < -0.3 is 14.7 Å². The molecule has 0 unspecified atom stereocenters. The summed E-state index contributed by atoms with van der Waals surface area (Å²) in [5, 5.41) is 8.29. The van der Waals surface area contributed by atoms with E-state index in [-0.39, 0.29) is 5.91 Å². The molecule has 8 heteroatoms. The number of hydrogen-bond acceptors (Lipinski definition) is 7. The fourth-order valence-corrected chi connectivity index (χ4v) is 5.00. The smallest absolute Gasteiger partial charge is 0.264 e. The van der Waals surface area contributed by atoms with Gasteiger partial charge >= 0.3 is 0 Å². The van der Waals surface area contributed by atoms with Gasteiger partial charge in [0.05, 0.1) is 22.5 Å². The Morgan fingerprint density at radius 2 is 2.17 bits per heavy atom. The summed E-state index contributed by atoms with van der Waals surface area (Å²) in [6.07, 6.45) is 9.96. The highest BCUT2D eigenvalue weighted by atomic mass is 32.1. The summed E-state index contributed by atoms with van der Waals surface area (Å²) in [5.74, 6) is 1.42. The molecule has 0 saturated carbocycles. The lowest BCUT2D eigenvalue weighted by atomic mass is 9.97. The highest BCUT2D eigenvalue weighted by molar-refractivity contribution is 7.20. The van der Waals surface area contributed by atoms with Crippen molar-refractivity contribution in [2.45, 2.75) is 52.5 Å². The maximum Gasteiger partial charge on any atom is 0.264 e. The van der Waals surface area contributed by atoms with E-state index in [0.29, 0.717) is 17.2 Å². The highest BCUT2D eigenvalue weighted by Gasteiger charge is 2.22. The number of carbonyl (C=O) groups is 1. The van der Waals surface area contributed by atoms with E-state index in [4.69, 9.17) is 4.52 Å². The van der Waals surface area contributed by atoms with Crippen molar-refractivity contribution in [2.24, 2.45) is 0 Å². The number of nitrogens with one attached hydrogen (secondary N) is 1. The van der Waals surface area contributed by atoms with Crippen molar-refractivity contribution >= 4 is 33.3 Å². The Labute approximate surface area is 180 Å². The summed E-state index contributed by atoms with van der Waals surface area (Å²) in [4.78, 5) is 25.1. The molecule has 158 valence electrons. The molecule has 0 fully saturated rings. The number of carbonyl (C=O) groups excluding carboxylic acids is 1. The molecular weight excluding hydrogens is 398 g/mol. The molecule has 3 heterocycles. The molecule has 3 aromatic heterocycles. The quantitative estimate of drug-likeness (QED) is 0.544. The minimum absolute atomic E-state index is 0.0529. The largest absolute Gasteiger partial charge is 0.369 e. The van der Waals surface area contributed by atoms with Crippen LogP contribution in [0.2, 0.25) is 0 Å². The van der Waals surface area contributed by atoms with Crippen LogP contribution < -0.4 is 5.32 Å². The molecule has 4 rings (SSSR count). The van der Waals surface area contributed by atoms with E-state index >= 15 is 0 Å². The predicted molar refractivity (Wildman–Crippen MR) is 119 cm³/mol. The molecule has 7 nitrogen and oxygen atoms in total. The Morgan fingerprint density at radius 3 is 2.90 bits per heavy atom. The Balaban J connectivity index is 1.50. The van der Waals surface area contributed by atoms with E-state index in [1.165, 1.54) is 42.6 Å². The Hall–Kier alpha value is -2.74. The molecule has 1 N–H and O–H groups in total. The van der Waals surface area contributed by atoms with Crippen molar-refractivity contribution in [3.05, 3.63) is 45.9 Å². The van der Waals surface area contributed by atoms with Gasteiger partial charge in [-0.2, -0.15) is 0 Å². The van der Waals surface area contributed by atoms with Gasteiger partial charge in [0.1, 0.15) is 17.0 Å². The summed E-state index contributed by atoms with van der Waals surface area (Å²) in [7, 11) is 1.77. The van der Waals surface area contributed by atoms with Crippen molar-refractivity contribution in [2.75, 3.05) is 18.9 Å². The fraction of sp³-hybridized carbons (Fsp3) is 0.455. The molecule has 0 saturated heterocycles. The van der Waals surface area contributed by atoms with Gasteiger partial charge in [0.2, 0.25) is 0 Å². The lowest BCUT2D eigenvalue weighted by Crippen LogP contribution is -2.25. The lowest BCUT2D eigenvalue weighted by Gasteiger charge is -2.15. The number of aryl methyl sites for hydroxylation is 2. The third-order valence-electron chi connectivity index (χ3n) is 5.46. The lowest BCUT2D eigenvalue weighted by molar-refractivity contribution is 0.0776. The van der Waals surface area contributed by atoms with E-state index in [0.717, 1.165) is 40.3 Å². The standard InChI is InChI=1S/C22H27N5O2S/c1-14-11-17(29-26-14)12-27(3)22(28)19-15(2)18-20(24-13-25-21(18)30-19)23-10-9-16-7-5-4-6-8-16/h7,11,13H,4-6,8-10,12H2,1-3H3,(H,23,24,25). The second-order valence-electron chi connectivity index (χ2n) is 7.84. The van der Waals surface area contributed by atoms with Gasteiger partial charge in [-0.1, -0.05) is 16.8 Å². The molecule has 0 bridgehead atoms. The average Bonchev–Trinajstić information content (AvgIpc) is 3.31. The van der Waals surface area contributed by atoms with Crippen LogP contribution in [0.15, 0.2) is 28.6 Å². The Kier molecular flexibility index (Phi) is 6.13. The van der Waals surface area contributed by atoms with Crippen LogP contribution in [-0.2, 0) is 6.54 Å². The molecule has 3 aromatic rings. The van der Waals surface area contributed by atoms with Gasteiger partial charge in [0.15, 0.2) is 5.76 Å². The molecule has 1 aliphatic rings. The zero-order valence-corrected chi connectivity index (χ0v) is 18.5. The van der Waals surface area contributed by atoms with Crippen LogP contribution in [0.3, 0.4) is 0 Å². The number of hydrogen-bond donors (Lipinski definition) is 1. The van der Waals surface area contributed by atoms with E-state index in [9.17, 15) is 4.79 Å². The second kappa shape index (κ2) is 8.95. The van der Waals surface area contributed by atoms with Crippen LogP contribution >= 0.6 is 11.3 Å². The maximum atomic E-state index is 13.1. The topological polar surface area (TPSA) is 84.2 Å². The normalized spacial score (nSPS) is 14.0. The molecule has 0 spiro atoms. The number of fused-ring (bicyclic) bond motifs is 1. The predicted octanol–water partition coefficient (Wildman–Crippen LogP) is 4.87. The highest BCUT2D eigenvalue weighted by Crippen LogP contribution is 2.34. The summed E-state index contributed by atoms with van der Waals surface area (Å²) in [6.45, 7) is 5.04. The monoisotopic (exact) mass is 425 g/mol. The van der Waals surface area contributed by atoms with Crippen molar-refractivity contribution in [3.63, 3.8) is 0 Å². The Bertz CT molecular complexity index is 1080. The van der Waals surface area contributed by atoms with Crippen LogP contribution in [0.25, 0.3) is 10.2 Å². The minimum Gasteiger partial charge on any atom is -0.369 e. The SMILES string of the molecule is Cc1cc(CN(C)C(=O)c2sc3ncnc(NCCC4=CCCCC4)c3c2C)on1. The molecule has 0 radical (unpaired) electrons. The van der Waals surface area contributed by atoms with Crippen molar-refractivity contribution < 1.29 is 9.32 Å². The van der Waals surface area contributed by atoms with Crippen LogP contribution in [0.5, 0.6) is 0 Å². The Morgan fingerprint density at radius 1 is 1.30 bits per heavy atom. The van der Waals surface area contributed by atoms with Gasteiger partial charge in [-0.3, -0.25) is 4.79 Å². The first kappa shape index (κ1) is 20.5. The van der Waals surface area contributed by atoms with Gasteiger partial charge in [0.25, 0.3) is 5.91 Å². The maximum absolute atomic E-state index is 13.1. The van der Waals surface area contributed by atoms with Crippen LogP contribution in [0.4, 0.5) is 5.82 Å². The average molecular weight is 426 g/mol. The van der Waals surface area contributed by atoms with E-state index in [2.05, 4.69) is 26.5 Å². The van der Waals surface area contributed by atoms with E-state index in [1.54, 1.807) is 18.3 Å². The third kappa shape index (κ3) is 4.38. The first-order valence-electron chi connectivity index (χ1n) is 10.4. The first-order chi connectivity index (χ1) is 14.5. The van der Waals surface area contributed by atoms with Gasteiger partial charge in [-0.25, -0.2) is 9.97 Å². The number of nitrogens with zero attached hydrogens (tertiary/aromatic N) is 4. The number of aromatic nitrogens is 3. The third-order valence-corrected chi connectivity index (χ3v) is 6.65. The summed E-state index contributed by atoms with van der Waals surface area (Å²) in [6, 6.07) is 1.84. The molecule has 0 atom stereocenters. The van der Waals surface area contributed by atoms with Crippen LogP contribution in [0.1, 0.15) is 58.8 Å². The zero-order chi connectivity index (χ0) is 21.1. The fourth-order valence-electron chi connectivity index (χ4n) is 3.85. The van der Waals surface area contributed by atoms with E-state index in [1.807, 2.05) is 19.9 Å². The molecule has 1 amide bonds. The van der Waals surface area contributed by atoms with Crippen molar-refractivity contribution in [1.29, 1.82) is 0 Å². The van der Waals surface area contributed by atoms with Gasteiger partial charge in [-0.15, -0.1) is 11.3 Å². The number of thiophene rings is 1. The summed E-state index contributed by atoms with van der Waals surface area (Å²) >= 11 is 1.41. The van der Waals surface area contributed by atoms with Crippen molar-refractivity contribution in [1.82, 2.24) is 20.0 Å². The second-order valence-corrected chi connectivity index (χ2v) is 8.84. The minimum atomic E-state index is -0.0529. The summed E-state index contributed by atoms with van der Waals surface area (Å²) < 4.78 is 5.25. The number of rotatable bonds is 7. The van der Waals surface area contributed by atoms with Gasteiger partial charge in [-0.05, 0) is 51.5 Å². The molecular formula is C22H27N5O2S. The zero-order valence-electron chi connectivity index (χ0n) is 17.7. The van der Waals surface area contributed by atoms with Crippen LogP contribution in [-0.4, -0.2) is 39.5 Å². The number of anilines is 1. The molecule has 0 aromatic carbocycles. The van der Waals surface area contributed by atoms with Crippen LogP contribution in [0, 0.1) is 13.8 Å². The summed E-state index contributed by atoms with van der Waals surface area (Å²) in [5.41, 5.74) is 3.25. The number of amides is 1. The molecule has 30 heavy (non-hydrogen) atoms. The first-order valence-corrected chi connectivity index (χ1v) is 11.2. The van der Waals surface area contributed by atoms with Gasteiger partial charge in [0, 0.05) is 19.7 Å². The molecule has 0 aliphatic heterocycles. The van der Waals surface area contributed by atoms with Crippen molar-refractivity contribution in [3.8, 4) is 0 Å². The molecule has 1 aliphatic carbocycles. The number of allylic oxidation sites excluding steroid dienone is 1. The van der Waals surface area contributed by atoms with E-state index < -0.39 is 0 Å².